The number of anilines is 2. The molecule has 0 heterocycles. The second-order valence-corrected chi connectivity index (χ2v) is 4.83. The van der Waals surface area contributed by atoms with Crippen LogP contribution in [0.3, 0.4) is 0 Å². The molecule has 0 fully saturated rings. The number of carboxylic acids is 1. The van der Waals surface area contributed by atoms with Crippen molar-refractivity contribution in [3.8, 4) is 0 Å². The molecule has 0 saturated carbocycles. The molecule has 108 valence electrons. The number of hydrogen-bond acceptors (Lipinski definition) is 4. The molecule has 0 aromatic heterocycles. The number of aromatic carboxylic acids is 1. The number of rotatable bonds is 4. The van der Waals surface area contributed by atoms with Gasteiger partial charge in [0, 0.05) is 12.1 Å². The number of benzene rings is 2. The van der Waals surface area contributed by atoms with Gasteiger partial charge in [-0.3, -0.25) is 10.1 Å². The standard InChI is InChI=1S/C13H8Cl2N2O4/c14-9-3-1-2-4-11(9)16-12-8(13(18)19)5-7(17(20)21)6-10(12)15/h1-6,16H,(H,18,19). The van der Waals surface area contributed by atoms with E-state index in [9.17, 15) is 20.0 Å². The Morgan fingerprint density at radius 1 is 1.19 bits per heavy atom. The number of nitrogens with one attached hydrogen (secondary N) is 1. The molecular formula is C13H8Cl2N2O4. The van der Waals surface area contributed by atoms with Gasteiger partial charge in [0.05, 0.1) is 31.9 Å². The fraction of sp³-hybridized carbons (Fsp3) is 0. The van der Waals surface area contributed by atoms with Crippen LogP contribution in [0.5, 0.6) is 0 Å². The molecule has 2 aromatic carbocycles. The second kappa shape index (κ2) is 5.99. The fourth-order valence-corrected chi connectivity index (χ4v) is 2.13. The van der Waals surface area contributed by atoms with Crippen molar-refractivity contribution in [3.63, 3.8) is 0 Å². The Kier molecular flexibility index (Phi) is 4.30. The van der Waals surface area contributed by atoms with Crippen molar-refractivity contribution in [1.82, 2.24) is 0 Å². The van der Waals surface area contributed by atoms with Gasteiger partial charge in [-0.2, -0.15) is 0 Å². The molecular weight excluding hydrogens is 319 g/mol. The predicted octanol–water partition coefficient (Wildman–Crippen LogP) is 4.34. The van der Waals surface area contributed by atoms with E-state index in [1.807, 2.05) is 0 Å². The van der Waals surface area contributed by atoms with Gasteiger partial charge in [0.1, 0.15) is 0 Å². The third-order valence-electron chi connectivity index (χ3n) is 2.65. The Labute approximate surface area is 129 Å². The first-order valence-electron chi connectivity index (χ1n) is 5.63. The number of para-hydroxylation sites is 1. The van der Waals surface area contributed by atoms with Crippen LogP contribution in [0.4, 0.5) is 17.1 Å². The molecule has 2 N–H and O–H groups in total. The average molecular weight is 327 g/mol. The minimum Gasteiger partial charge on any atom is -0.478 e. The van der Waals surface area contributed by atoms with Gasteiger partial charge in [-0.1, -0.05) is 35.3 Å². The molecule has 0 spiro atoms. The normalized spacial score (nSPS) is 10.2. The Bertz CT molecular complexity index is 734. The third kappa shape index (κ3) is 3.24. The molecule has 0 bridgehead atoms. The lowest BCUT2D eigenvalue weighted by atomic mass is 10.1. The molecule has 0 saturated heterocycles. The number of halogens is 2. The van der Waals surface area contributed by atoms with Gasteiger partial charge in [-0.15, -0.1) is 0 Å². The minimum atomic E-state index is -1.34. The van der Waals surface area contributed by atoms with E-state index in [0.29, 0.717) is 10.7 Å². The van der Waals surface area contributed by atoms with Crippen molar-refractivity contribution in [1.29, 1.82) is 0 Å². The highest BCUT2D eigenvalue weighted by Gasteiger charge is 2.20. The lowest BCUT2D eigenvalue weighted by Crippen LogP contribution is -2.05. The highest BCUT2D eigenvalue weighted by atomic mass is 35.5. The van der Waals surface area contributed by atoms with Crippen LogP contribution in [-0.2, 0) is 0 Å². The van der Waals surface area contributed by atoms with Crippen molar-refractivity contribution in [2.24, 2.45) is 0 Å². The first-order valence-corrected chi connectivity index (χ1v) is 6.38. The van der Waals surface area contributed by atoms with Crippen molar-refractivity contribution >= 4 is 46.2 Å². The van der Waals surface area contributed by atoms with Gasteiger partial charge in [0.15, 0.2) is 0 Å². The molecule has 0 radical (unpaired) electrons. The third-order valence-corrected chi connectivity index (χ3v) is 3.28. The molecule has 0 aliphatic rings. The number of carboxylic acid groups (broad SMARTS) is 1. The Morgan fingerprint density at radius 3 is 2.43 bits per heavy atom. The van der Waals surface area contributed by atoms with E-state index in [1.165, 1.54) is 0 Å². The molecule has 0 unspecified atom stereocenters. The molecule has 0 atom stereocenters. The van der Waals surface area contributed by atoms with Gasteiger partial charge in [0.2, 0.25) is 0 Å². The monoisotopic (exact) mass is 326 g/mol. The zero-order chi connectivity index (χ0) is 15.6. The van der Waals surface area contributed by atoms with Crippen molar-refractivity contribution < 1.29 is 14.8 Å². The summed E-state index contributed by atoms with van der Waals surface area (Å²) in [5, 5.41) is 23.0. The molecule has 2 aromatic rings. The number of nitrogens with zero attached hydrogens (tertiary/aromatic N) is 1. The van der Waals surface area contributed by atoms with E-state index < -0.39 is 16.6 Å². The van der Waals surface area contributed by atoms with E-state index >= 15 is 0 Å². The largest absolute Gasteiger partial charge is 0.478 e. The number of nitro groups is 1. The smallest absolute Gasteiger partial charge is 0.338 e. The SMILES string of the molecule is O=C(O)c1cc([N+](=O)[O-])cc(Cl)c1Nc1ccccc1Cl. The van der Waals surface area contributed by atoms with Crippen LogP contribution in [-0.4, -0.2) is 16.0 Å². The van der Waals surface area contributed by atoms with Crippen LogP contribution in [0.15, 0.2) is 36.4 Å². The first-order chi connectivity index (χ1) is 9.90. The average Bonchev–Trinajstić information content (AvgIpc) is 2.42. The summed E-state index contributed by atoms with van der Waals surface area (Å²) < 4.78 is 0. The summed E-state index contributed by atoms with van der Waals surface area (Å²) >= 11 is 11.9. The molecule has 0 aliphatic heterocycles. The summed E-state index contributed by atoms with van der Waals surface area (Å²) in [5.74, 6) is -1.34. The number of carbonyl (C=O) groups is 1. The van der Waals surface area contributed by atoms with Gasteiger partial charge in [-0.05, 0) is 12.1 Å². The van der Waals surface area contributed by atoms with Crippen LogP contribution < -0.4 is 5.32 Å². The molecule has 0 aliphatic carbocycles. The Morgan fingerprint density at radius 2 is 1.86 bits per heavy atom. The van der Waals surface area contributed by atoms with Crippen LogP contribution in [0.1, 0.15) is 10.4 Å². The zero-order valence-electron chi connectivity index (χ0n) is 10.3. The van der Waals surface area contributed by atoms with Crippen LogP contribution in [0, 0.1) is 10.1 Å². The molecule has 2 rings (SSSR count). The molecule has 0 amide bonds. The number of nitro benzene ring substituents is 1. The topological polar surface area (TPSA) is 92.5 Å². The van der Waals surface area contributed by atoms with Gasteiger partial charge in [-0.25, -0.2) is 4.79 Å². The summed E-state index contributed by atoms with van der Waals surface area (Å²) in [6, 6.07) is 8.67. The fourth-order valence-electron chi connectivity index (χ4n) is 1.69. The van der Waals surface area contributed by atoms with Crippen LogP contribution >= 0.6 is 23.2 Å². The quantitative estimate of drug-likeness (QED) is 0.643. The Balaban J connectivity index is 2.55. The number of non-ortho nitro benzene ring substituents is 1. The number of hydrogen-bond donors (Lipinski definition) is 2. The summed E-state index contributed by atoms with van der Waals surface area (Å²) in [7, 11) is 0. The van der Waals surface area contributed by atoms with E-state index in [2.05, 4.69) is 5.32 Å². The maximum atomic E-state index is 11.3. The van der Waals surface area contributed by atoms with Gasteiger partial charge in [0.25, 0.3) is 5.69 Å². The summed E-state index contributed by atoms with van der Waals surface area (Å²) in [6.07, 6.45) is 0. The van der Waals surface area contributed by atoms with Gasteiger partial charge < -0.3 is 10.4 Å². The van der Waals surface area contributed by atoms with E-state index in [4.69, 9.17) is 23.2 Å². The molecule has 8 heteroatoms. The van der Waals surface area contributed by atoms with Crippen molar-refractivity contribution in [2.75, 3.05) is 5.32 Å². The minimum absolute atomic E-state index is 0.0443. The maximum absolute atomic E-state index is 11.3. The van der Waals surface area contributed by atoms with Gasteiger partial charge >= 0.3 is 5.97 Å². The lowest BCUT2D eigenvalue weighted by molar-refractivity contribution is -0.384. The van der Waals surface area contributed by atoms with E-state index in [0.717, 1.165) is 12.1 Å². The lowest BCUT2D eigenvalue weighted by Gasteiger charge is -2.12. The van der Waals surface area contributed by atoms with Crippen LogP contribution in [0.25, 0.3) is 0 Å². The zero-order valence-corrected chi connectivity index (χ0v) is 11.9. The summed E-state index contributed by atoms with van der Waals surface area (Å²) in [6.45, 7) is 0. The first kappa shape index (κ1) is 15.1. The van der Waals surface area contributed by atoms with Crippen LogP contribution in [0.2, 0.25) is 10.0 Å². The summed E-state index contributed by atoms with van der Waals surface area (Å²) in [4.78, 5) is 21.3. The molecule has 21 heavy (non-hydrogen) atoms. The second-order valence-electron chi connectivity index (χ2n) is 4.02. The summed E-state index contributed by atoms with van der Waals surface area (Å²) in [5.41, 5.74) is -0.225. The highest BCUT2D eigenvalue weighted by Crippen LogP contribution is 2.35. The predicted molar refractivity (Wildman–Crippen MR) is 79.8 cm³/mol. The van der Waals surface area contributed by atoms with Crippen molar-refractivity contribution in [2.45, 2.75) is 0 Å². The van der Waals surface area contributed by atoms with Crippen molar-refractivity contribution in [3.05, 3.63) is 62.1 Å². The molecule has 6 nitrogen and oxygen atoms in total. The Hall–Kier alpha value is -2.31. The highest BCUT2D eigenvalue weighted by molar-refractivity contribution is 6.35. The van der Waals surface area contributed by atoms with E-state index in [1.54, 1.807) is 24.3 Å². The maximum Gasteiger partial charge on any atom is 0.338 e. The van der Waals surface area contributed by atoms with E-state index in [-0.39, 0.29) is 16.3 Å².